The average Bonchev–Trinajstić information content (AvgIpc) is 2.87. The summed E-state index contributed by atoms with van der Waals surface area (Å²) < 4.78 is 5.98. The Kier molecular flexibility index (Phi) is 6.66. The highest BCUT2D eigenvalue weighted by molar-refractivity contribution is 5.95. The lowest BCUT2D eigenvalue weighted by Crippen LogP contribution is -2.45. The molecular formula is C25H32N6O3. The molecule has 0 spiro atoms. The van der Waals surface area contributed by atoms with Crippen LogP contribution in [0.15, 0.2) is 36.4 Å². The van der Waals surface area contributed by atoms with Crippen molar-refractivity contribution in [2.45, 2.75) is 13.0 Å². The van der Waals surface area contributed by atoms with E-state index in [-0.39, 0.29) is 0 Å². The molecule has 5 rings (SSSR count). The summed E-state index contributed by atoms with van der Waals surface area (Å²) >= 11 is 0. The van der Waals surface area contributed by atoms with E-state index in [9.17, 15) is 5.26 Å². The molecule has 2 aliphatic rings. The van der Waals surface area contributed by atoms with Crippen molar-refractivity contribution in [3.8, 4) is 11.8 Å². The molecule has 0 radical (unpaired) electrons. The Balaban J connectivity index is 1.50. The van der Waals surface area contributed by atoms with Crippen LogP contribution in [0.3, 0.4) is 0 Å². The molecule has 0 saturated carbocycles. The molecule has 3 heterocycles. The highest BCUT2D eigenvalue weighted by atomic mass is 17.1. The van der Waals surface area contributed by atoms with Crippen LogP contribution in [0.1, 0.15) is 11.3 Å². The average molecular weight is 465 g/mol. The van der Waals surface area contributed by atoms with E-state index in [4.69, 9.17) is 14.7 Å². The molecule has 2 aromatic carbocycles. The monoisotopic (exact) mass is 464 g/mol. The van der Waals surface area contributed by atoms with Crippen molar-refractivity contribution in [3.05, 3.63) is 47.7 Å². The number of likely N-dealkylation sites (N-methyl/N-ethyl adjacent to an activating group) is 1. The molecule has 2 N–H and O–H groups in total. The van der Waals surface area contributed by atoms with Gasteiger partial charge in [0.2, 0.25) is 0 Å². The molecule has 0 atom stereocenters. The van der Waals surface area contributed by atoms with Crippen LogP contribution in [0.5, 0.6) is 11.8 Å². The van der Waals surface area contributed by atoms with E-state index in [0.29, 0.717) is 24.9 Å². The fourth-order valence-electron chi connectivity index (χ4n) is 4.69. The predicted octanol–water partition coefficient (Wildman–Crippen LogP) is 2.39. The van der Waals surface area contributed by atoms with Gasteiger partial charge in [-0.15, -0.1) is 0 Å². The van der Waals surface area contributed by atoms with Gasteiger partial charge in [-0.05, 0) is 32.0 Å². The Morgan fingerprint density at radius 1 is 1.06 bits per heavy atom. The van der Waals surface area contributed by atoms with Gasteiger partial charge in [0.15, 0.2) is 5.75 Å². The molecule has 0 aliphatic carbocycles. The quantitative estimate of drug-likeness (QED) is 0.404. The molecular weight excluding hydrogens is 432 g/mol. The van der Waals surface area contributed by atoms with Crippen LogP contribution in [0.4, 0.5) is 11.5 Å². The van der Waals surface area contributed by atoms with E-state index < -0.39 is 0 Å². The molecule has 0 unspecified atom stereocenters. The summed E-state index contributed by atoms with van der Waals surface area (Å²) in [5, 5.41) is 14.9. The van der Waals surface area contributed by atoms with Gasteiger partial charge in [0.1, 0.15) is 12.4 Å². The summed E-state index contributed by atoms with van der Waals surface area (Å²) in [6, 6.07) is 12.3. The lowest BCUT2D eigenvalue weighted by atomic mass is 10.0. The molecule has 1 aromatic heterocycles. The third-order valence-electron chi connectivity index (χ3n) is 6.47. The van der Waals surface area contributed by atoms with Crippen molar-refractivity contribution < 1.29 is 14.9 Å². The number of ether oxygens (including phenoxy) is 1. The third-order valence-corrected chi connectivity index (χ3v) is 6.47. The largest absolute Gasteiger partial charge is 0.462 e. The Morgan fingerprint density at radius 2 is 1.88 bits per heavy atom. The molecule has 1 saturated heterocycles. The molecule has 180 valence electrons. The summed E-state index contributed by atoms with van der Waals surface area (Å²) in [6.45, 7) is 6.54. The van der Waals surface area contributed by atoms with Crippen LogP contribution >= 0.6 is 0 Å². The van der Waals surface area contributed by atoms with Gasteiger partial charge in [0.05, 0.1) is 12.2 Å². The van der Waals surface area contributed by atoms with Crippen LogP contribution in [0.2, 0.25) is 0 Å². The smallest absolute Gasteiger partial charge is 0.318 e. The Bertz CT molecular complexity index is 1150. The van der Waals surface area contributed by atoms with Crippen LogP contribution in [-0.2, 0) is 13.0 Å². The molecule has 0 bridgehead atoms. The molecule has 9 nitrogen and oxygen atoms in total. The summed E-state index contributed by atoms with van der Waals surface area (Å²) in [4.78, 5) is 21.0. The van der Waals surface area contributed by atoms with Gasteiger partial charge in [-0.25, -0.2) is 5.26 Å². The van der Waals surface area contributed by atoms with Gasteiger partial charge in [-0.2, -0.15) is 9.97 Å². The van der Waals surface area contributed by atoms with E-state index in [1.54, 1.807) is 0 Å². The Hall–Kier alpha value is -3.14. The van der Waals surface area contributed by atoms with Gasteiger partial charge >= 0.3 is 6.01 Å². The summed E-state index contributed by atoms with van der Waals surface area (Å²) in [5.41, 5.74) is 3.22. The first-order valence-corrected chi connectivity index (χ1v) is 11.8. The van der Waals surface area contributed by atoms with E-state index in [1.807, 2.05) is 44.4 Å². The highest BCUT2D eigenvalue weighted by Gasteiger charge is 2.27. The van der Waals surface area contributed by atoms with Crippen molar-refractivity contribution in [1.82, 2.24) is 20.2 Å². The van der Waals surface area contributed by atoms with Crippen LogP contribution in [0.25, 0.3) is 10.8 Å². The molecule has 2 aliphatic heterocycles. The summed E-state index contributed by atoms with van der Waals surface area (Å²) in [7, 11) is 4.05. The topological polar surface area (TPSA) is 86.2 Å². The predicted molar refractivity (Wildman–Crippen MR) is 133 cm³/mol. The first-order chi connectivity index (χ1) is 16.6. The minimum atomic E-state index is 0.427. The number of hydrogen-bond acceptors (Lipinski definition) is 9. The zero-order chi connectivity index (χ0) is 23.5. The number of benzene rings is 2. The van der Waals surface area contributed by atoms with E-state index in [2.05, 4.69) is 31.0 Å². The lowest BCUT2D eigenvalue weighted by Gasteiger charge is -2.35. The van der Waals surface area contributed by atoms with E-state index in [0.717, 1.165) is 73.7 Å². The number of fused-ring (bicyclic) bond motifs is 2. The number of nitrogens with one attached hydrogen (secondary N) is 1. The molecule has 0 amide bonds. The minimum Gasteiger partial charge on any atom is -0.462 e. The number of nitrogens with zero attached hydrogens (tertiary/aromatic N) is 5. The Labute approximate surface area is 199 Å². The number of aromatic nitrogens is 2. The first-order valence-electron chi connectivity index (χ1n) is 11.8. The van der Waals surface area contributed by atoms with Crippen molar-refractivity contribution >= 4 is 22.3 Å². The first kappa shape index (κ1) is 22.6. The number of rotatable bonds is 7. The number of hydrogen-bond donors (Lipinski definition) is 2. The fourth-order valence-corrected chi connectivity index (χ4v) is 4.69. The summed E-state index contributed by atoms with van der Waals surface area (Å²) in [5.74, 6) is 1.43. The van der Waals surface area contributed by atoms with Crippen molar-refractivity contribution in [3.63, 3.8) is 0 Å². The second-order valence-electron chi connectivity index (χ2n) is 9.07. The number of anilines is 2. The lowest BCUT2D eigenvalue weighted by molar-refractivity contribution is -0.137. The highest BCUT2D eigenvalue weighted by Crippen LogP contribution is 2.36. The maximum absolute atomic E-state index is 9.35. The molecule has 9 heteroatoms. The van der Waals surface area contributed by atoms with Crippen molar-refractivity contribution in [1.29, 1.82) is 0 Å². The van der Waals surface area contributed by atoms with Gasteiger partial charge in [-0.3, -0.25) is 0 Å². The third kappa shape index (κ3) is 4.72. The molecule has 1 fully saturated rings. The normalized spacial score (nSPS) is 16.1. The van der Waals surface area contributed by atoms with Gasteiger partial charge in [0.25, 0.3) is 0 Å². The van der Waals surface area contributed by atoms with Crippen LogP contribution in [-0.4, -0.2) is 80.1 Å². The van der Waals surface area contributed by atoms with Crippen molar-refractivity contribution in [2.24, 2.45) is 0 Å². The fraction of sp³-hybridized carbons (Fsp3) is 0.440. The SMILES string of the molecule is CN(C)CCOc1nc2c(c(N3CCNCC3)n1)CCN(c1cc(OO)cc3ccccc13)C2. The van der Waals surface area contributed by atoms with Gasteiger partial charge in [0, 0.05) is 62.0 Å². The van der Waals surface area contributed by atoms with Crippen LogP contribution < -0.4 is 24.7 Å². The zero-order valence-corrected chi connectivity index (χ0v) is 19.8. The zero-order valence-electron chi connectivity index (χ0n) is 19.8. The van der Waals surface area contributed by atoms with E-state index in [1.165, 1.54) is 5.56 Å². The van der Waals surface area contributed by atoms with Gasteiger partial charge in [-0.1, -0.05) is 24.3 Å². The Morgan fingerprint density at radius 3 is 2.68 bits per heavy atom. The standard InChI is InChI=1S/C25H32N6O3/c1-29(2)13-14-33-25-27-22-17-31(10-7-21(22)24(28-25)30-11-8-26-9-12-30)23-16-19(34-32)15-18-5-3-4-6-20(18)23/h3-6,15-16,26,32H,7-14,17H2,1-2H3. The van der Waals surface area contributed by atoms with E-state index >= 15 is 0 Å². The second kappa shape index (κ2) is 10.0. The maximum Gasteiger partial charge on any atom is 0.318 e. The van der Waals surface area contributed by atoms with Crippen molar-refractivity contribution in [2.75, 3.05) is 69.8 Å². The summed E-state index contributed by atoms with van der Waals surface area (Å²) in [6.07, 6.45) is 0.838. The van der Waals surface area contributed by atoms with Gasteiger partial charge < -0.3 is 29.6 Å². The minimum absolute atomic E-state index is 0.427. The maximum atomic E-state index is 9.35. The second-order valence-corrected chi connectivity index (χ2v) is 9.07. The molecule has 3 aromatic rings. The number of piperazine rings is 1. The molecule has 34 heavy (non-hydrogen) atoms. The van der Waals surface area contributed by atoms with Crippen LogP contribution in [0, 0.1) is 0 Å².